The summed E-state index contributed by atoms with van der Waals surface area (Å²) >= 11 is 7.91. The highest BCUT2D eigenvalue weighted by molar-refractivity contribution is 8.00. The van der Waals surface area contributed by atoms with E-state index in [1.807, 2.05) is 30.0 Å². The van der Waals surface area contributed by atoms with Gasteiger partial charge in [0.25, 0.3) is 0 Å². The van der Waals surface area contributed by atoms with Crippen molar-refractivity contribution >= 4 is 23.4 Å². The summed E-state index contributed by atoms with van der Waals surface area (Å²) < 4.78 is 0. The van der Waals surface area contributed by atoms with Crippen LogP contribution in [0.2, 0.25) is 5.02 Å². The molecule has 0 aliphatic heterocycles. The van der Waals surface area contributed by atoms with Crippen LogP contribution in [0.4, 0.5) is 0 Å². The second-order valence-electron chi connectivity index (χ2n) is 6.70. The molecule has 21 heavy (non-hydrogen) atoms. The normalized spacial score (nSPS) is 26.3. The highest BCUT2D eigenvalue weighted by Crippen LogP contribution is 2.47. The second-order valence-corrected chi connectivity index (χ2v) is 8.45. The van der Waals surface area contributed by atoms with Crippen LogP contribution in [-0.4, -0.2) is 5.25 Å². The lowest BCUT2D eigenvalue weighted by atomic mass is 9.67. The van der Waals surface area contributed by atoms with Gasteiger partial charge in [0.2, 0.25) is 0 Å². The number of rotatable bonds is 4. The van der Waals surface area contributed by atoms with E-state index in [0.29, 0.717) is 16.6 Å². The minimum absolute atomic E-state index is 0.165. The molecule has 1 fully saturated rings. The summed E-state index contributed by atoms with van der Waals surface area (Å²) in [5.41, 5.74) is 0.369. The molecule has 3 unspecified atom stereocenters. The van der Waals surface area contributed by atoms with E-state index in [-0.39, 0.29) is 5.92 Å². The van der Waals surface area contributed by atoms with Gasteiger partial charge in [0.15, 0.2) is 0 Å². The molecule has 0 heterocycles. The Balaban J connectivity index is 2.12. The van der Waals surface area contributed by atoms with Crippen molar-refractivity contribution in [1.29, 1.82) is 5.26 Å². The Morgan fingerprint density at radius 2 is 2.14 bits per heavy atom. The summed E-state index contributed by atoms with van der Waals surface area (Å²) in [6.45, 7) is 7.01. The molecule has 3 atom stereocenters. The van der Waals surface area contributed by atoms with Gasteiger partial charge in [-0.2, -0.15) is 5.26 Å². The van der Waals surface area contributed by atoms with Crippen LogP contribution in [0.5, 0.6) is 0 Å². The van der Waals surface area contributed by atoms with Crippen LogP contribution in [0.3, 0.4) is 0 Å². The molecule has 114 valence electrons. The predicted octanol–water partition coefficient (Wildman–Crippen LogP) is 6.18. The quantitative estimate of drug-likeness (QED) is 0.661. The van der Waals surface area contributed by atoms with Gasteiger partial charge in [-0.3, -0.25) is 0 Å². The average molecular weight is 322 g/mol. The van der Waals surface area contributed by atoms with Crippen LogP contribution < -0.4 is 0 Å². The topological polar surface area (TPSA) is 23.8 Å². The van der Waals surface area contributed by atoms with Crippen LogP contribution in [0.25, 0.3) is 0 Å². The Hall–Kier alpha value is -0.650. The summed E-state index contributed by atoms with van der Waals surface area (Å²) in [7, 11) is 0. The first-order chi connectivity index (χ1) is 9.96. The standard InChI is InChI=1S/C18H24ClNS/c1-4-18(2,3)14-9-8-13(12-20)17(10-14)21-16-7-5-6-15(19)11-16/h5-7,11,13-14,17H,4,8-10H2,1-3H3. The molecule has 1 aromatic rings. The zero-order chi connectivity index (χ0) is 15.5. The van der Waals surface area contributed by atoms with Crippen molar-refractivity contribution < 1.29 is 0 Å². The molecule has 1 nitrogen and oxygen atoms in total. The molecule has 1 aromatic carbocycles. The molecule has 0 radical (unpaired) electrons. The number of nitriles is 1. The van der Waals surface area contributed by atoms with Gasteiger partial charge >= 0.3 is 0 Å². The molecular weight excluding hydrogens is 298 g/mol. The van der Waals surface area contributed by atoms with Gasteiger partial charge in [-0.15, -0.1) is 11.8 Å². The Labute approximate surface area is 138 Å². The van der Waals surface area contributed by atoms with Crippen LogP contribution in [0.1, 0.15) is 46.5 Å². The van der Waals surface area contributed by atoms with E-state index in [2.05, 4.69) is 32.9 Å². The van der Waals surface area contributed by atoms with Crippen LogP contribution >= 0.6 is 23.4 Å². The zero-order valence-electron chi connectivity index (χ0n) is 13.1. The number of halogens is 1. The van der Waals surface area contributed by atoms with Crippen molar-refractivity contribution in [2.24, 2.45) is 17.3 Å². The van der Waals surface area contributed by atoms with Gasteiger partial charge in [-0.25, -0.2) is 0 Å². The third-order valence-electron chi connectivity index (χ3n) is 5.06. The van der Waals surface area contributed by atoms with Gasteiger partial charge in [0.05, 0.1) is 12.0 Å². The Kier molecular flexibility index (Phi) is 5.63. The van der Waals surface area contributed by atoms with Crippen LogP contribution in [0, 0.1) is 28.6 Å². The van der Waals surface area contributed by atoms with E-state index >= 15 is 0 Å². The van der Waals surface area contributed by atoms with Crippen molar-refractivity contribution in [2.75, 3.05) is 0 Å². The van der Waals surface area contributed by atoms with Crippen molar-refractivity contribution in [2.45, 2.75) is 56.6 Å². The molecule has 0 spiro atoms. The fraction of sp³-hybridized carbons (Fsp3) is 0.611. The largest absolute Gasteiger partial charge is 0.198 e. The van der Waals surface area contributed by atoms with Crippen LogP contribution in [0.15, 0.2) is 29.2 Å². The van der Waals surface area contributed by atoms with Gasteiger partial charge in [-0.05, 0) is 48.8 Å². The van der Waals surface area contributed by atoms with Crippen molar-refractivity contribution in [1.82, 2.24) is 0 Å². The van der Waals surface area contributed by atoms with E-state index in [4.69, 9.17) is 11.6 Å². The molecule has 0 aromatic heterocycles. The molecular formula is C18H24ClNS. The SMILES string of the molecule is CCC(C)(C)C1CCC(C#N)C(Sc2cccc(Cl)c2)C1. The first-order valence-corrected chi connectivity index (χ1v) is 9.04. The second kappa shape index (κ2) is 7.07. The molecule has 1 aliphatic rings. The highest BCUT2D eigenvalue weighted by Gasteiger charge is 2.37. The van der Waals surface area contributed by atoms with E-state index < -0.39 is 0 Å². The highest BCUT2D eigenvalue weighted by atomic mass is 35.5. The number of hydrogen-bond acceptors (Lipinski definition) is 2. The first-order valence-electron chi connectivity index (χ1n) is 7.78. The Morgan fingerprint density at radius 1 is 1.38 bits per heavy atom. The summed E-state index contributed by atoms with van der Waals surface area (Å²) in [5.74, 6) is 0.877. The Morgan fingerprint density at radius 3 is 2.76 bits per heavy atom. The molecule has 3 heteroatoms. The van der Waals surface area contributed by atoms with Gasteiger partial charge < -0.3 is 0 Å². The minimum Gasteiger partial charge on any atom is -0.198 e. The third-order valence-corrected chi connectivity index (χ3v) is 6.64. The summed E-state index contributed by atoms with van der Waals surface area (Å²) in [6, 6.07) is 10.5. The van der Waals surface area contributed by atoms with Crippen molar-refractivity contribution in [3.05, 3.63) is 29.3 Å². The molecule has 1 aliphatic carbocycles. The third kappa shape index (κ3) is 4.18. The molecule has 0 bridgehead atoms. The van der Waals surface area contributed by atoms with Gasteiger partial charge in [0.1, 0.15) is 0 Å². The first kappa shape index (κ1) is 16.7. The lowest BCUT2D eigenvalue weighted by molar-refractivity contribution is 0.144. The number of hydrogen-bond donors (Lipinski definition) is 0. The molecule has 1 saturated carbocycles. The van der Waals surface area contributed by atoms with Gasteiger partial charge in [-0.1, -0.05) is 44.9 Å². The maximum Gasteiger partial charge on any atom is 0.0667 e. The fourth-order valence-corrected chi connectivity index (χ4v) is 4.77. The van der Waals surface area contributed by atoms with E-state index in [1.54, 1.807) is 0 Å². The van der Waals surface area contributed by atoms with E-state index in [1.165, 1.54) is 17.7 Å². The van der Waals surface area contributed by atoms with Crippen molar-refractivity contribution in [3.63, 3.8) is 0 Å². The molecule has 0 N–H and O–H groups in total. The molecule has 2 rings (SSSR count). The number of benzene rings is 1. The molecule has 0 saturated heterocycles. The number of thioether (sulfide) groups is 1. The minimum atomic E-state index is 0.165. The monoisotopic (exact) mass is 321 g/mol. The van der Waals surface area contributed by atoms with Crippen LogP contribution in [-0.2, 0) is 0 Å². The predicted molar refractivity (Wildman–Crippen MR) is 91.6 cm³/mol. The average Bonchev–Trinajstić information content (AvgIpc) is 2.47. The fourth-order valence-electron chi connectivity index (χ4n) is 3.12. The molecule has 0 amide bonds. The lowest BCUT2D eigenvalue weighted by Crippen LogP contribution is -2.34. The maximum atomic E-state index is 9.45. The van der Waals surface area contributed by atoms with Crippen molar-refractivity contribution in [3.8, 4) is 6.07 Å². The van der Waals surface area contributed by atoms with Gasteiger partial charge in [0, 0.05) is 15.2 Å². The summed E-state index contributed by atoms with van der Waals surface area (Å²) in [5, 5.41) is 10.6. The van der Waals surface area contributed by atoms with E-state index in [0.717, 1.165) is 17.9 Å². The summed E-state index contributed by atoms with van der Waals surface area (Å²) in [4.78, 5) is 1.18. The number of nitrogens with zero attached hydrogens (tertiary/aromatic N) is 1. The zero-order valence-corrected chi connectivity index (χ0v) is 14.7. The smallest absolute Gasteiger partial charge is 0.0667 e. The Bertz CT molecular complexity index is 520. The lowest BCUT2D eigenvalue weighted by Gasteiger charge is -2.41. The van der Waals surface area contributed by atoms with E-state index in [9.17, 15) is 5.26 Å². The summed E-state index contributed by atoms with van der Waals surface area (Å²) in [6.07, 6.45) is 4.55. The maximum absolute atomic E-state index is 9.45.